The summed E-state index contributed by atoms with van der Waals surface area (Å²) in [5, 5.41) is 4.44. The molecule has 7 nitrogen and oxygen atoms in total. The van der Waals surface area contributed by atoms with E-state index in [0.29, 0.717) is 11.3 Å². The Labute approximate surface area is 160 Å². The average Bonchev–Trinajstić information content (AvgIpc) is 2.99. The molecule has 0 fully saturated rings. The van der Waals surface area contributed by atoms with E-state index in [0.717, 1.165) is 16.9 Å². The highest BCUT2D eigenvalue weighted by atomic mass is 19.1. The molecule has 0 aliphatic rings. The minimum absolute atomic E-state index is 0.324. The SMILES string of the molecule is Cc1nn(-c2ccc(F)cc2)c(C)c1/C=C/C(=O)NNC(=O)c1cccnc1. The second-order valence-electron chi connectivity index (χ2n) is 5.99. The topological polar surface area (TPSA) is 88.9 Å². The Balaban J connectivity index is 1.67. The van der Waals surface area contributed by atoms with Gasteiger partial charge in [-0.3, -0.25) is 25.4 Å². The molecule has 3 rings (SSSR count). The molecule has 142 valence electrons. The third kappa shape index (κ3) is 4.29. The molecule has 8 heteroatoms. The molecule has 0 aliphatic heterocycles. The molecule has 28 heavy (non-hydrogen) atoms. The van der Waals surface area contributed by atoms with Crippen LogP contribution in [0.3, 0.4) is 0 Å². The molecule has 0 aliphatic carbocycles. The van der Waals surface area contributed by atoms with E-state index < -0.39 is 11.8 Å². The Hall–Kier alpha value is -3.81. The van der Waals surface area contributed by atoms with Crippen molar-refractivity contribution < 1.29 is 14.0 Å². The number of nitrogens with zero attached hydrogens (tertiary/aromatic N) is 3. The number of nitrogens with one attached hydrogen (secondary N) is 2. The number of pyridine rings is 1. The van der Waals surface area contributed by atoms with Crippen LogP contribution >= 0.6 is 0 Å². The lowest BCUT2D eigenvalue weighted by molar-refractivity contribution is -0.117. The summed E-state index contributed by atoms with van der Waals surface area (Å²) >= 11 is 0. The summed E-state index contributed by atoms with van der Waals surface area (Å²) < 4.78 is 14.8. The largest absolute Gasteiger partial charge is 0.271 e. The van der Waals surface area contributed by atoms with Gasteiger partial charge in [0.15, 0.2) is 0 Å². The van der Waals surface area contributed by atoms with Crippen LogP contribution in [0, 0.1) is 19.7 Å². The van der Waals surface area contributed by atoms with E-state index in [1.807, 2.05) is 13.8 Å². The summed E-state index contributed by atoms with van der Waals surface area (Å²) in [6.07, 6.45) is 5.86. The zero-order valence-corrected chi connectivity index (χ0v) is 15.3. The van der Waals surface area contributed by atoms with Crippen molar-refractivity contribution in [2.45, 2.75) is 13.8 Å². The first kappa shape index (κ1) is 19.0. The molecule has 2 aromatic heterocycles. The first-order valence-electron chi connectivity index (χ1n) is 8.46. The lowest BCUT2D eigenvalue weighted by Gasteiger charge is -2.05. The highest BCUT2D eigenvalue weighted by Crippen LogP contribution is 2.19. The van der Waals surface area contributed by atoms with Gasteiger partial charge in [-0.15, -0.1) is 0 Å². The molecule has 2 N–H and O–H groups in total. The highest BCUT2D eigenvalue weighted by Gasteiger charge is 2.11. The molecule has 1 aromatic carbocycles. The van der Waals surface area contributed by atoms with Gasteiger partial charge in [-0.2, -0.15) is 5.10 Å². The summed E-state index contributed by atoms with van der Waals surface area (Å²) in [4.78, 5) is 27.7. The van der Waals surface area contributed by atoms with Crippen LogP contribution in [0.5, 0.6) is 0 Å². The van der Waals surface area contributed by atoms with Crippen LogP contribution in [-0.2, 0) is 4.79 Å². The fourth-order valence-electron chi connectivity index (χ4n) is 2.62. The van der Waals surface area contributed by atoms with Crippen LogP contribution in [0.1, 0.15) is 27.3 Å². The summed E-state index contributed by atoms with van der Waals surface area (Å²) in [6, 6.07) is 9.19. The van der Waals surface area contributed by atoms with Gasteiger partial charge in [-0.25, -0.2) is 9.07 Å². The number of carbonyl (C=O) groups excluding carboxylic acids is 2. The summed E-state index contributed by atoms with van der Waals surface area (Å²) in [5.41, 5.74) is 7.95. The summed E-state index contributed by atoms with van der Waals surface area (Å²) in [6.45, 7) is 3.67. The number of aromatic nitrogens is 3. The number of aryl methyl sites for hydroxylation is 1. The van der Waals surface area contributed by atoms with Gasteiger partial charge in [0.2, 0.25) is 0 Å². The summed E-state index contributed by atoms with van der Waals surface area (Å²) in [5.74, 6) is -1.28. The number of hydrogen-bond donors (Lipinski definition) is 2. The summed E-state index contributed by atoms with van der Waals surface area (Å²) in [7, 11) is 0. The van der Waals surface area contributed by atoms with Gasteiger partial charge in [-0.1, -0.05) is 0 Å². The predicted molar refractivity (Wildman–Crippen MR) is 102 cm³/mol. The normalized spacial score (nSPS) is 10.8. The van der Waals surface area contributed by atoms with E-state index in [1.165, 1.54) is 24.4 Å². The van der Waals surface area contributed by atoms with Crippen LogP contribution in [0.2, 0.25) is 0 Å². The van der Waals surface area contributed by atoms with Crippen molar-refractivity contribution in [2.24, 2.45) is 0 Å². The molecule has 2 heterocycles. The highest BCUT2D eigenvalue weighted by molar-refractivity contribution is 5.97. The number of hydrazine groups is 1. The van der Waals surface area contributed by atoms with E-state index in [4.69, 9.17) is 0 Å². The fourth-order valence-corrected chi connectivity index (χ4v) is 2.62. The van der Waals surface area contributed by atoms with Crippen LogP contribution in [0.4, 0.5) is 4.39 Å². The van der Waals surface area contributed by atoms with Crippen LogP contribution in [-0.4, -0.2) is 26.6 Å². The van der Waals surface area contributed by atoms with E-state index in [1.54, 1.807) is 41.2 Å². The second-order valence-corrected chi connectivity index (χ2v) is 5.99. The van der Waals surface area contributed by atoms with Crippen molar-refractivity contribution in [2.75, 3.05) is 0 Å². The van der Waals surface area contributed by atoms with Crippen molar-refractivity contribution in [3.63, 3.8) is 0 Å². The van der Waals surface area contributed by atoms with Gasteiger partial charge in [-0.05, 0) is 56.3 Å². The van der Waals surface area contributed by atoms with Gasteiger partial charge in [0.1, 0.15) is 5.82 Å². The number of amides is 2. The van der Waals surface area contributed by atoms with Crippen molar-refractivity contribution in [1.82, 2.24) is 25.6 Å². The quantitative estimate of drug-likeness (QED) is 0.538. The molecule has 2 amide bonds. The molecule has 0 spiro atoms. The van der Waals surface area contributed by atoms with Gasteiger partial charge < -0.3 is 0 Å². The first-order valence-corrected chi connectivity index (χ1v) is 8.46. The van der Waals surface area contributed by atoms with Crippen molar-refractivity contribution >= 4 is 17.9 Å². The Morgan fingerprint density at radius 3 is 2.54 bits per heavy atom. The monoisotopic (exact) mass is 379 g/mol. The minimum Gasteiger partial charge on any atom is -0.268 e. The Kier molecular flexibility index (Phi) is 5.59. The number of hydrogen-bond acceptors (Lipinski definition) is 4. The van der Waals surface area contributed by atoms with E-state index in [9.17, 15) is 14.0 Å². The maximum Gasteiger partial charge on any atom is 0.271 e. The minimum atomic E-state index is -0.495. The lowest BCUT2D eigenvalue weighted by Crippen LogP contribution is -2.40. The molecular formula is C20H18FN5O2. The maximum atomic E-state index is 13.1. The zero-order valence-electron chi connectivity index (χ0n) is 15.3. The third-order valence-electron chi connectivity index (χ3n) is 4.04. The molecule has 0 bridgehead atoms. The van der Waals surface area contributed by atoms with E-state index >= 15 is 0 Å². The van der Waals surface area contributed by atoms with Crippen molar-refractivity contribution in [3.8, 4) is 5.69 Å². The van der Waals surface area contributed by atoms with Crippen molar-refractivity contribution in [1.29, 1.82) is 0 Å². The predicted octanol–water partition coefficient (Wildman–Crippen LogP) is 2.50. The van der Waals surface area contributed by atoms with Gasteiger partial charge in [0, 0.05) is 29.7 Å². The number of carbonyl (C=O) groups is 2. The van der Waals surface area contributed by atoms with Crippen LogP contribution in [0.15, 0.2) is 54.9 Å². The zero-order chi connectivity index (χ0) is 20.1. The van der Waals surface area contributed by atoms with Gasteiger partial charge in [0.05, 0.1) is 16.9 Å². The second kappa shape index (κ2) is 8.26. The Morgan fingerprint density at radius 1 is 1.11 bits per heavy atom. The Bertz CT molecular complexity index is 1030. The number of benzene rings is 1. The molecule has 0 unspecified atom stereocenters. The smallest absolute Gasteiger partial charge is 0.268 e. The average molecular weight is 379 g/mol. The number of rotatable bonds is 4. The molecule has 0 radical (unpaired) electrons. The van der Waals surface area contributed by atoms with Crippen LogP contribution in [0.25, 0.3) is 11.8 Å². The molecule has 0 saturated carbocycles. The molecular weight excluding hydrogens is 361 g/mol. The van der Waals surface area contributed by atoms with E-state index in [-0.39, 0.29) is 5.82 Å². The fraction of sp³-hybridized carbons (Fsp3) is 0.100. The lowest BCUT2D eigenvalue weighted by atomic mass is 10.2. The molecule has 0 atom stereocenters. The molecule has 0 saturated heterocycles. The van der Waals surface area contributed by atoms with Gasteiger partial charge >= 0.3 is 0 Å². The van der Waals surface area contributed by atoms with Crippen molar-refractivity contribution in [3.05, 3.63) is 83.2 Å². The Morgan fingerprint density at radius 2 is 1.86 bits per heavy atom. The molecule has 3 aromatic rings. The first-order chi connectivity index (χ1) is 13.5. The van der Waals surface area contributed by atoms with Gasteiger partial charge in [0.25, 0.3) is 11.8 Å². The third-order valence-corrected chi connectivity index (χ3v) is 4.04. The number of halogens is 1. The van der Waals surface area contributed by atoms with E-state index in [2.05, 4.69) is 20.9 Å². The standard InChI is InChI=1S/C20H18FN5O2/c1-13-18(14(2)26(25-13)17-7-5-16(21)6-8-17)9-10-19(27)23-24-20(28)15-4-3-11-22-12-15/h3-12H,1-2H3,(H,23,27)(H,24,28)/b10-9+. The maximum absolute atomic E-state index is 13.1. The van der Waals surface area contributed by atoms with Crippen LogP contribution < -0.4 is 10.9 Å².